The topological polar surface area (TPSA) is 124 Å². The predicted molar refractivity (Wildman–Crippen MR) is 210 cm³/mol. The predicted octanol–water partition coefficient (Wildman–Crippen LogP) is 10.1. The minimum atomic E-state index is -0.608. The number of fused-ring (bicyclic) bond motifs is 1. The number of esters is 4. The third-order valence-corrected chi connectivity index (χ3v) is 8.52. The second-order valence-electron chi connectivity index (χ2n) is 12.7. The van der Waals surface area contributed by atoms with Gasteiger partial charge in [-0.2, -0.15) is 0 Å². The zero-order valence-corrected chi connectivity index (χ0v) is 31.0. The van der Waals surface area contributed by atoms with Crippen LogP contribution in [0.1, 0.15) is 81.0 Å². The first-order valence-corrected chi connectivity index (χ1v) is 18.4. The monoisotopic (exact) mass is 752 g/mol. The molecule has 56 heavy (non-hydrogen) atoms. The van der Waals surface area contributed by atoms with Gasteiger partial charge in [-0.05, 0) is 145 Å². The number of benzene rings is 6. The summed E-state index contributed by atoms with van der Waals surface area (Å²) in [6.07, 6.45) is 3.96. The maximum Gasteiger partial charge on any atom is 0.343 e. The van der Waals surface area contributed by atoms with Crippen molar-refractivity contribution in [3.05, 3.63) is 156 Å². The molecule has 0 unspecified atom stereocenters. The van der Waals surface area contributed by atoms with E-state index in [1.807, 2.05) is 0 Å². The highest BCUT2D eigenvalue weighted by molar-refractivity contribution is 5.95. The summed E-state index contributed by atoms with van der Waals surface area (Å²) in [4.78, 5) is 51.2. The van der Waals surface area contributed by atoms with Gasteiger partial charge >= 0.3 is 23.9 Å². The Bertz CT molecular complexity index is 2120. The molecular formula is C46H40O10. The molecular weight excluding hydrogens is 712 g/mol. The van der Waals surface area contributed by atoms with E-state index in [1.54, 1.807) is 84.9 Å². The number of rotatable bonds is 16. The quantitative estimate of drug-likeness (QED) is 0.0536. The van der Waals surface area contributed by atoms with E-state index in [2.05, 4.69) is 13.8 Å². The molecule has 0 saturated heterocycles. The van der Waals surface area contributed by atoms with Crippen molar-refractivity contribution in [3.63, 3.8) is 0 Å². The van der Waals surface area contributed by atoms with Crippen LogP contribution in [0.15, 0.2) is 133 Å². The molecule has 0 atom stereocenters. The molecule has 6 rings (SSSR count). The van der Waals surface area contributed by atoms with Crippen LogP contribution in [0.5, 0.6) is 34.5 Å². The van der Waals surface area contributed by atoms with Gasteiger partial charge in [0, 0.05) is 0 Å². The van der Waals surface area contributed by atoms with Gasteiger partial charge in [0.2, 0.25) is 0 Å². The van der Waals surface area contributed by atoms with Gasteiger partial charge < -0.3 is 28.4 Å². The molecule has 0 aliphatic rings. The lowest BCUT2D eigenvalue weighted by Gasteiger charge is -2.09. The Morgan fingerprint density at radius 3 is 0.964 bits per heavy atom. The molecule has 284 valence electrons. The van der Waals surface area contributed by atoms with Crippen LogP contribution in [0, 0.1) is 0 Å². The summed E-state index contributed by atoms with van der Waals surface area (Å²) in [5.41, 5.74) is 1.24. The fourth-order valence-corrected chi connectivity index (χ4v) is 5.36. The number of ether oxygens (including phenoxy) is 6. The molecule has 6 aromatic carbocycles. The molecule has 0 saturated carbocycles. The van der Waals surface area contributed by atoms with Crippen molar-refractivity contribution in [2.24, 2.45) is 0 Å². The highest BCUT2D eigenvalue weighted by Crippen LogP contribution is 2.27. The molecule has 0 N–H and O–H groups in total. The molecule has 10 heteroatoms. The molecule has 6 aromatic rings. The summed E-state index contributed by atoms with van der Waals surface area (Å²) in [6, 6.07) is 35.8. The van der Waals surface area contributed by atoms with Crippen LogP contribution in [0.25, 0.3) is 10.8 Å². The summed E-state index contributed by atoms with van der Waals surface area (Å²) in [5, 5.41) is 1.51. The van der Waals surface area contributed by atoms with Crippen LogP contribution in [0.2, 0.25) is 0 Å². The second kappa shape index (κ2) is 18.9. The molecule has 10 nitrogen and oxygen atoms in total. The maximum absolute atomic E-state index is 13.0. The average molecular weight is 753 g/mol. The van der Waals surface area contributed by atoms with Crippen LogP contribution < -0.4 is 28.4 Å². The number of hydrogen-bond acceptors (Lipinski definition) is 10. The van der Waals surface area contributed by atoms with Crippen molar-refractivity contribution in [1.82, 2.24) is 0 Å². The molecule has 0 bridgehead atoms. The van der Waals surface area contributed by atoms with Gasteiger partial charge in [0.15, 0.2) is 0 Å². The Kier molecular flexibility index (Phi) is 13.1. The van der Waals surface area contributed by atoms with Crippen molar-refractivity contribution >= 4 is 34.6 Å². The summed E-state index contributed by atoms with van der Waals surface area (Å²) in [7, 11) is 0. The van der Waals surface area contributed by atoms with Crippen molar-refractivity contribution in [2.75, 3.05) is 13.2 Å². The van der Waals surface area contributed by atoms with Gasteiger partial charge in [0.05, 0.1) is 35.5 Å². The highest BCUT2D eigenvalue weighted by Gasteiger charge is 2.15. The van der Waals surface area contributed by atoms with Crippen molar-refractivity contribution < 1.29 is 47.6 Å². The minimum Gasteiger partial charge on any atom is -0.494 e. The largest absolute Gasteiger partial charge is 0.494 e. The average Bonchev–Trinajstić information content (AvgIpc) is 3.22. The Hall–Kier alpha value is -6.94. The maximum atomic E-state index is 13.0. The third kappa shape index (κ3) is 10.6. The Labute approximate surface area is 324 Å². The lowest BCUT2D eigenvalue weighted by Crippen LogP contribution is -2.10. The normalized spacial score (nSPS) is 10.7. The molecule has 0 aliphatic heterocycles. The lowest BCUT2D eigenvalue weighted by atomic mass is 10.1. The Balaban J connectivity index is 1.01. The van der Waals surface area contributed by atoms with Crippen molar-refractivity contribution in [1.29, 1.82) is 0 Å². The van der Waals surface area contributed by atoms with E-state index in [0.717, 1.165) is 31.1 Å². The van der Waals surface area contributed by atoms with Crippen LogP contribution in [0.3, 0.4) is 0 Å². The first kappa shape index (κ1) is 38.8. The van der Waals surface area contributed by atoms with Crippen LogP contribution in [0.4, 0.5) is 0 Å². The van der Waals surface area contributed by atoms with E-state index in [-0.39, 0.29) is 34.1 Å². The number of hydrogen-bond donors (Lipinski definition) is 0. The number of unbranched alkanes of at least 4 members (excludes halogenated alkanes) is 2. The molecule has 0 fully saturated rings. The van der Waals surface area contributed by atoms with E-state index < -0.39 is 23.9 Å². The van der Waals surface area contributed by atoms with Crippen molar-refractivity contribution in [3.8, 4) is 34.5 Å². The SMILES string of the molecule is CCCCOc1ccc(C(=O)Oc2ccc(C(=O)Oc3ccc4ccc(OC(=O)c5ccc(OC(=O)c6ccc(OCCCC)cc6)cc5)cc4c3)cc2)cc1. The fourth-order valence-electron chi connectivity index (χ4n) is 5.36. The smallest absolute Gasteiger partial charge is 0.343 e. The summed E-state index contributed by atoms with van der Waals surface area (Å²) in [6.45, 7) is 5.40. The molecule has 0 spiro atoms. The molecule has 0 amide bonds. The van der Waals surface area contributed by atoms with E-state index >= 15 is 0 Å². The van der Waals surface area contributed by atoms with Crippen molar-refractivity contribution in [2.45, 2.75) is 39.5 Å². The Morgan fingerprint density at radius 2 is 0.643 bits per heavy atom. The molecule has 0 aromatic heterocycles. The fraction of sp³-hybridized carbons (Fsp3) is 0.174. The minimum absolute atomic E-state index is 0.254. The van der Waals surface area contributed by atoms with Gasteiger partial charge in [-0.3, -0.25) is 0 Å². The van der Waals surface area contributed by atoms with Crippen LogP contribution in [-0.4, -0.2) is 37.1 Å². The zero-order valence-electron chi connectivity index (χ0n) is 31.0. The third-order valence-electron chi connectivity index (χ3n) is 8.52. The summed E-state index contributed by atoms with van der Waals surface area (Å²) >= 11 is 0. The Morgan fingerprint density at radius 1 is 0.357 bits per heavy atom. The zero-order chi connectivity index (χ0) is 39.3. The molecule has 0 radical (unpaired) electrons. The second-order valence-corrected chi connectivity index (χ2v) is 12.7. The van der Waals surface area contributed by atoms with E-state index in [9.17, 15) is 19.2 Å². The van der Waals surface area contributed by atoms with Crippen LogP contribution in [-0.2, 0) is 0 Å². The number of carbonyl (C=O) groups excluding carboxylic acids is 4. The van der Waals surface area contributed by atoms with Gasteiger partial charge in [-0.15, -0.1) is 0 Å². The summed E-state index contributed by atoms with van der Waals surface area (Å²) < 4.78 is 33.4. The van der Waals surface area contributed by atoms with E-state index in [1.165, 1.54) is 48.5 Å². The first-order chi connectivity index (χ1) is 27.3. The van der Waals surface area contributed by atoms with E-state index in [0.29, 0.717) is 41.2 Å². The summed E-state index contributed by atoms with van der Waals surface area (Å²) in [5.74, 6) is 0.178. The lowest BCUT2D eigenvalue weighted by molar-refractivity contribution is 0.0720. The van der Waals surface area contributed by atoms with Crippen LogP contribution >= 0.6 is 0 Å². The van der Waals surface area contributed by atoms with Gasteiger partial charge in [-0.1, -0.05) is 38.8 Å². The van der Waals surface area contributed by atoms with Gasteiger partial charge in [0.1, 0.15) is 34.5 Å². The van der Waals surface area contributed by atoms with E-state index in [4.69, 9.17) is 28.4 Å². The van der Waals surface area contributed by atoms with Gasteiger partial charge in [-0.25, -0.2) is 19.2 Å². The standard InChI is InChI=1S/C46H40O10/c1-3-5-27-51-37-17-9-32(10-18-37)43(47)53-39-21-13-34(14-22-39)45(49)55-41-25-7-31-8-26-42(30-36(31)29-41)56-46(50)35-15-23-40(24-16-35)54-44(48)33-11-19-38(20-12-33)52-28-6-4-2/h7-26,29-30H,3-6,27-28H2,1-2H3. The highest BCUT2D eigenvalue weighted by atomic mass is 16.5. The number of carbonyl (C=O) groups is 4. The molecule has 0 heterocycles. The van der Waals surface area contributed by atoms with Gasteiger partial charge in [0.25, 0.3) is 0 Å². The molecule has 0 aliphatic carbocycles. The first-order valence-electron chi connectivity index (χ1n) is 18.4.